The molecule has 4 rings (SSSR count). The predicted molar refractivity (Wildman–Crippen MR) is 135 cm³/mol. The van der Waals surface area contributed by atoms with Gasteiger partial charge in [-0.1, -0.05) is 36.4 Å². The van der Waals surface area contributed by atoms with Crippen LogP contribution in [0.15, 0.2) is 78.9 Å². The minimum absolute atomic E-state index is 0.129. The van der Waals surface area contributed by atoms with Crippen LogP contribution in [0.25, 0.3) is 0 Å². The lowest BCUT2D eigenvalue weighted by atomic mass is 10.1. The standard InChI is InChI=1S/C28H31N3O3/c1-21(18-27(32)30-24-10-7-11-25(19-24)31-16-5-6-17-31)29-28(33)23-12-14-26(15-13-23)34-20-22-8-3-2-4-9-22/h2-4,7-15,19,21H,5-6,16-18,20H2,1H3,(H,29,33)(H,30,32). The monoisotopic (exact) mass is 457 g/mol. The zero-order valence-electron chi connectivity index (χ0n) is 19.5. The molecule has 1 unspecified atom stereocenters. The van der Waals surface area contributed by atoms with Gasteiger partial charge >= 0.3 is 0 Å². The fourth-order valence-electron chi connectivity index (χ4n) is 4.05. The molecule has 1 fully saturated rings. The predicted octanol–water partition coefficient (Wildman–Crippen LogP) is 5.01. The quantitative estimate of drug-likeness (QED) is 0.474. The van der Waals surface area contributed by atoms with Crippen LogP contribution in [0.2, 0.25) is 0 Å². The number of hydrogen-bond donors (Lipinski definition) is 2. The minimum atomic E-state index is -0.303. The van der Waals surface area contributed by atoms with Crippen LogP contribution in [0, 0.1) is 0 Å². The van der Waals surface area contributed by atoms with Gasteiger partial charge in [0.15, 0.2) is 0 Å². The first-order chi connectivity index (χ1) is 16.6. The van der Waals surface area contributed by atoms with Crippen molar-refractivity contribution in [2.45, 2.75) is 38.8 Å². The summed E-state index contributed by atoms with van der Waals surface area (Å²) in [5.74, 6) is 0.353. The summed E-state index contributed by atoms with van der Waals surface area (Å²) in [6, 6.07) is 24.6. The first-order valence-corrected chi connectivity index (χ1v) is 11.8. The molecule has 1 aliphatic heterocycles. The van der Waals surface area contributed by atoms with Crippen molar-refractivity contribution in [3.63, 3.8) is 0 Å². The number of nitrogens with one attached hydrogen (secondary N) is 2. The van der Waals surface area contributed by atoms with Gasteiger partial charge in [0.2, 0.25) is 5.91 Å². The van der Waals surface area contributed by atoms with Crippen molar-refractivity contribution in [1.82, 2.24) is 5.32 Å². The molecule has 1 atom stereocenters. The zero-order chi connectivity index (χ0) is 23.8. The van der Waals surface area contributed by atoms with E-state index in [0.29, 0.717) is 17.9 Å². The van der Waals surface area contributed by atoms with E-state index in [1.807, 2.05) is 55.5 Å². The Hall–Kier alpha value is -3.80. The number of benzene rings is 3. The van der Waals surface area contributed by atoms with Gasteiger partial charge in [-0.2, -0.15) is 0 Å². The molecule has 1 saturated heterocycles. The van der Waals surface area contributed by atoms with Gasteiger partial charge in [0.05, 0.1) is 0 Å². The molecule has 1 aliphatic rings. The number of anilines is 2. The van der Waals surface area contributed by atoms with Crippen LogP contribution >= 0.6 is 0 Å². The number of carbonyl (C=O) groups excluding carboxylic acids is 2. The van der Waals surface area contributed by atoms with E-state index in [0.717, 1.165) is 30.0 Å². The molecule has 2 N–H and O–H groups in total. The van der Waals surface area contributed by atoms with Crippen molar-refractivity contribution in [3.05, 3.63) is 90.0 Å². The summed E-state index contributed by atoms with van der Waals surface area (Å²) in [6.45, 7) is 4.41. The van der Waals surface area contributed by atoms with Crippen LogP contribution in [-0.2, 0) is 11.4 Å². The second kappa shape index (κ2) is 11.4. The number of nitrogens with zero attached hydrogens (tertiary/aromatic N) is 1. The van der Waals surface area contributed by atoms with Gasteiger partial charge in [0.25, 0.3) is 5.91 Å². The Morgan fingerprint density at radius 2 is 1.68 bits per heavy atom. The SMILES string of the molecule is CC(CC(=O)Nc1cccc(N2CCCC2)c1)NC(=O)c1ccc(OCc2ccccc2)cc1. The summed E-state index contributed by atoms with van der Waals surface area (Å²) < 4.78 is 5.77. The van der Waals surface area contributed by atoms with Crippen LogP contribution in [0.4, 0.5) is 11.4 Å². The molecule has 2 amide bonds. The average molecular weight is 458 g/mol. The summed E-state index contributed by atoms with van der Waals surface area (Å²) >= 11 is 0. The van der Waals surface area contributed by atoms with E-state index in [-0.39, 0.29) is 24.3 Å². The molecule has 34 heavy (non-hydrogen) atoms. The molecule has 0 saturated carbocycles. The maximum atomic E-state index is 12.6. The van der Waals surface area contributed by atoms with Crippen molar-refractivity contribution < 1.29 is 14.3 Å². The van der Waals surface area contributed by atoms with E-state index < -0.39 is 0 Å². The Morgan fingerprint density at radius 1 is 0.941 bits per heavy atom. The van der Waals surface area contributed by atoms with E-state index >= 15 is 0 Å². The van der Waals surface area contributed by atoms with E-state index in [1.165, 1.54) is 12.8 Å². The molecule has 0 aromatic heterocycles. The minimum Gasteiger partial charge on any atom is -0.489 e. The average Bonchev–Trinajstić information content (AvgIpc) is 3.39. The fraction of sp³-hybridized carbons (Fsp3) is 0.286. The molecular formula is C28H31N3O3. The largest absolute Gasteiger partial charge is 0.489 e. The molecule has 176 valence electrons. The van der Waals surface area contributed by atoms with Crippen molar-refractivity contribution in [1.29, 1.82) is 0 Å². The number of amides is 2. The third-order valence-corrected chi connectivity index (χ3v) is 5.84. The molecule has 0 aliphatic carbocycles. The lowest BCUT2D eigenvalue weighted by Gasteiger charge is -2.19. The summed E-state index contributed by atoms with van der Waals surface area (Å²) in [5.41, 5.74) is 3.52. The zero-order valence-corrected chi connectivity index (χ0v) is 19.5. The highest BCUT2D eigenvalue weighted by Gasteiger charge is 2.15. The third kappa shape index (κ3) is 6.61. The van der Waals surface area contributed by atoms with Gasteiger partial charge in [-0.25, -0.2) is 0 Å². The molecular weight excluding hydrogens is 426 g/mol. The lowest BCUT2D eigenvalue weighted by molar-refractivity contribution is -0.116. The lowest BCUT2D eigenvalue weighted by Crippen LogP contribution is -2.35. The van der Waals surface area contributed by atoms with Crippen molar-refractivity contribution in [2.24, 2.45) is 0 Å². The Kier molecular flexibility index (Phi) is 7.81. The fourth-order valence-corrected chi connectivity index (χ4v) is 4.05. The van der Waals surface area contributed by atoms with Crippen molar-refractivity contribution in [3.8, 4) is 5.75 Å². The Labute approximate surface area is 200 Å². The highest BCUT2D eigenvalue weighted by Crippen LogP contribution is 2.23. The number of carbonyl (C=O) groups is 2. The topological polar surface area (TPSA) is 70.7 Å². The highest BCUT2D eigenvalue weighted by molar-refractivity contribution is 5.96. The Morgan fingerprint density at radius 3 is 2.41 bits per heavy atom. The number of rotatable bonds is 9. The van der Waals surface area contributed by atoms with Crippen molar-refractivity contribution >= 4 is 23.2 Å². The number of hydrogen-bond acceptors (Lipinski definition) is 4. The van der Waals surface area contributed by atoms with Crippen LogP contribution in [0.5, 0.6) is 5.75 Å². The van der Waals surface area contributed by atoms with Gasteiger partial charge in [-0.05, 0) is 67.8 Å². The van der Waals surface area contributed by atoms with Crippen molar-refractivity contribution in [2.75, 3.05) is 23.3 Å². The number of ether oxygens (including phenoxy) is 1. The highest BCUT2D eigenvalue weighted by atomic mass is 16.5. The van der Waals surface area contributed by atoms with Crippen LogP contribution in [0.3, 0.4) is 0 Å². The van der Waals surface area contributed by atoms with Gasteiger partial charge in [-0.3, -0.25) is 9.59 Å². The molecule has 6 nitrogen and oxygen atoms in total. The summed E-state index contributed by atoms with van der Waals surface area (Å²) in [6.07, 6.45) is 2.60. The molecule has 0 radical (unpaired) electrons. The van der Waals surface area contributed by atoms with Crippen LogP contribution in [-0.4, -0.2) is 30.9 Å². The van der Waals surface area contributed by atoms with E-state index in [2.05, 4.69) is 21.6 Å². The summed E-state index contributed by atoms with van der Waals surface area (Å²) in [4.78, 5) is 27.4. The Bertz CT molecular complexity index is 1090. The van der Waals surface area contributed by atoms with Gasteiger partial charge in [-0.15, -0.1) is 0 Å². The molecule has 0 bridgehead atoms. The van der Waals surface area contributed by atoms with Gasteiger partial charge in [0, 0.05) is 42.5 Å². The molecule has 6 heteroatoms. The second-order valence-electron chi connectivity index (χ2n) is 8.67. The molecule has 3 aromatic carbocycles. The smallest absolute Gasteiger partial charge is 0.251 e. The van der Waals surface area contributed by atoms with E-state index in [9.17, 15) is 9.59 Å². The van der Waals surface area contributed by atoms with E-state index in [4.69, 9.17) is 4.74 Å². The van der Waals surface area contributed by atoms with Gasteiger partial charge < -0.3 is 20.3 Å². The summed E-state index contributed by atoms with van der Waals surface area (Å²) in [5, 5.41) is 5.85. The Balaban J connectivity index is 1.24. The second-order valence-corrected chi connectivity index (χ2v) is 8.67. The van der Waals surface area contributed by atoms with E-state index in [1.54, 1.807) is 24.3 Å². The molecule has 0 spiro atoms. The van der Waals surface area contributed by atoms with Gasteiger partial charge in [0.1, 0.15) is 12.4 Å². The summed E-state index contributed by atoms with van der Waals surface area (Å²) in [7, 11) is 0. The first kappa shape index (κ1) is 23.4. The maximum Gasteiger partial charge on any atom is 0.251 e. The maximum absolute atomic E-state index is 12.6. The third-order valence-electron chi connectivity index (χ3n) is 5.84. The molecule has 1 heterocycles. The normalized spacial score (nSPS) is 13.9. The van der Waals surface area contributed by atoms with Crippen LogP contribution < -0.4 is 20.3 Å². The van der Waals surface area contributed by atoms with Crippen LogP contribution in [0.1, 0.15) is 42.1 Å². The molecule has 3 aromatic rings. The first-order valence-electron chi connectivity index (χ1n) is 11.8.